The minimum Gasteiger partial charge on any atom is -0.339 e. The Morgan fingerprint density at radius 2 is 1.88 bits per heavy atom. The molecule has 1 aliphatic rings. The standard InChI is InChI=1S/C19H22N4O2S/c1-4-17(24)22(3)16-7-5-15(6-8-16)19(25)23-11-9-14(10-12-23)18-21-20-13(2)26-18/h4-8,14H,1,9-12H2,2-3H3. The van der Waals surface area contributed by atoms with Crippen LogP contribution in [0, 0.1) is 6.92 Å². The van der Waals surface area contributed by atoms with Gasteiger partial charge in [-0.3, -0.25) is 9.59 Å². The van der Waals surface area contributed by atoms with Gasteiger partial charge in [-0.25, -0.2) is 0 Å². The predicted molar refractivity (Wildman–Crippen MR) is 103 cm³/mol. The summed E-state index contributed by atoms with van der Waals surface area (Å²) in [5, 5.41) is 10.4. The lowest BCUT2D eigenvalue weighted by Gasteiger charge is -2.31. The lowest BCUT2D eigenvalue weighted by molar-refractivity contribution is -0.113. The van der Waals surface area contributed by atoms with Gasteiger partial charge in [0.05, 0.1) is 0 Å². The molecule has 6 nitrogen and oxygen atoms in total. The van der Waals surface area contributed by atoms with E-state index in [-0.39, 0.29) is 11.8 Å². The summed E-state index contributed by atoms with van der Waals surface area (Å²) in [5.74, 6) is 0.241. The summed E-state index contributed by atoms with van der Waals surface area (Å²) in [6, 6.07) is 7.10. The first-order valence-corrected chi connectivity index (χ1v) is 9.40. The van der Waals surface area contributed by atoms with Crippen molar-refractivity contribution in [2.75, 3.05) is 25.0 Å². The molecule has 0 spiro atoms. The van der Waals surface area contributed by atoms with E-state index in [2.05, 4.69) is 16.8 Å². The van der Waals surface area contributed by atoms with Crippen molar-refractivity contribution in [3.05, 3.63) is 52.5 Å². The number of amides is 2. The van der Waals surface area contributed by atoms with Crippen molar-refractivity contribution in [1.82, 2.24) is 15.1 Å². The van der Waals surface area contributed by atoms with Crippen molar-refractivity contribution < 1.29 is 9.59 Å². The maximum Gasteiger partial charge on any atom is 0.253 e. The zero-order valence-corrected chi connectivity index (χ0v) is 15.8. The van der Waals surface area contributed by atoms with Gasteiger partial charge < -0.3 is 9.80 Å². The van der Waals surface area contributed by atoms with Crippen LogP contribution in [-0.4, -0.2) is 47.0 Å². The molecule has 0 N–H and O–H groups in total. The molecular formula is C19H22N4O2S. The van der Waals surface area contributed by atoms with Crippen molar-refractivity contribution in [3.63, 3.8) is 0 Å². The van der Waals surface area contributed by atoms with Gasteiger partial charge in [0.2, 0.25) is 5.91 Å². The first-order chi connectivity index (χ1) is 12.5. The molecule has 0 aliphatic carbocycles. The van der Waals surface area contributed by atoms with Crippen molar-refractivity contribution >= 4 is 28.8 Å². The number of aryl methyl sites for hydroxylation is 1. The third kappa shape index (κ3) is 3.83. The number of nitrogens with zero attached hydrogens (tertiary/aromatic N) is 4. The molecule has 1 aliphatic heterocycles. The van der Waals surface area contributed by atoms with E-state index in [1.54, 1.807) is 42.6 Å². The number of likely N-dealkylation sites (N-methyl/N-ethyl adjacent to an activating group) is 1. The summed E-state index contributed by atoms with van der Waals surface area (Å²) in [7, 11) is 1.68. The van der Waals surface area contributed by atoms with E-state index in [1.807, 2.05) is 11.8 Å². The van der Waals surface area contributed by atoms with E-state index in [0.29, 0.717) is 11.5 Å². The first-order valence-electron chi connectivity index (χ1n) is 8.59. The van der Waals surface area contributed by atoms with Crippen LogP contribution >= 0.6 is 11.3 Å². The molecule has 0 unspecified atom stereocenters. The van der Waals surface area contributed by atoms with Crippen molar-refractivity contribution in [2.24, 2.45) is 0 Å². The van der Waals surface area contributed by atoms with Gasteiger partial charge >= 0.3 is 0 Å². The van der Waals surface area contributed by atoms with Crippen LogP contribution in [-0.2, 0) is 4.79 Å². The molecular weight excluding hydrogens is 348 g/mol. The highest BCUT2D eigenvalue weighted by Crippen LogP contribution is 2.30. The number of hydrogen-bond donors (Lipinski definition) is 0. The minimum atomic E-state index is -0.182. The van der Waals surface area contributed by atoms with Crippen LogP contribution in [0.4, 0.5) is 5.69 Å². The Morgan fingerprint density at radius 3 is 2.42 bits per heavy atom. The fourth-order valence-electron chi connectivity index (χ4n) is 3.08. The molecule has 3 rings (SSSR count). The van der Waals surface area contributed by atoms with Crippen molar-refractivity contribution in [3.8, 4) is 0 Å². The fourth-order valence-corrected chi connectivity index (χ4v) is 3.95. The third-order valence-electron chi connectivity index (χ3n) is 4.68. The molecule has 0 atom stereocenters. The Morgan fingerprint density at radius 1 is 1.23 bits per heavy atom. The lowest BCUT2D eigenvalue weighted by Crippen LogP contribution is -2.37. The lowest BCUT2D eigenvalue weighted by atomic mass is 9.97. The van der Waals surface area contributed by atoms with Crippen molar-refractivity contribution in [2.45, 2.75) is 25.7 Å². The molecule has 136 valence electrons. The van der Waals surface area contributed by atoms with Gasteiger partial charge in [0.1, 0.15) is 10.0 Å². The highest BCUT2D eigenvalue weighted by atomic mass is 32.1. The van der Waals surface area contributed by atoms with Crippen LogP contribution in [0.15, 0.2) is 36.9 Å². The molecule has 1 aromatic heterocycles. The van der Waals surface area contributed by atoms with Gasteiger partial charge in [-0.05, 0) is 50.1 Å². The number of carbonyl (C=O) groups is 2. The molecule has 0 radical (unpaired) electrons. The number of aromatic nitrogens is 2. The Kier molecular flexibility index (Phi) is 5.46. The zero-order chi connectivity index (χ0) is 18.7. The number of carbonyl (C=O) groups excluding carboxylic acids is 2. The zero-order valence-electron chi connectivity index (χ0n) is 15.0. The number of benzene rings is 1. The summed E-state index contributed by atoms with van der Waals surface area (Å²) in [4.78, 5) is 27.8. The molecule has 1 aromatic carbocycles. The van der Waals surface area contributed by atoms with E-state index in [4.69, 9.17) is 0 Å². The van der Waals surface area contributed by atoms with Gasteiger partial charge in [-0.1, -0.05) is 6.58 Å². The smallest absolute Gasteiger partial charge is 0.253 e. The Hall–Kier alpha value is -2.54. The largest absolute Gasteiger partial charge is 0.339 e. The second kappa shape index (κ2) is 7.78. The number of hydrogen-bond acceptors (Lipinski definition) is 5. The fraction of sp³-hybridized carbons (Fsp3) is 0.368. The minimum absolute atomic E-state index is 0.0288. The van der Waals surface area contributed by atoms with Crippen LogP contribution in [0.5, 0.6) is 0 Å². The number of rotatable bonds is 4. The van der Waals surface area contributed by atoms with Gasteiger partial charge in [0.25, 0.3) is 5.91 Å². The quantitative estimate of drug-likeness (QED) is 0.776. The Labute approximate surface area is 157 Å². The molecule has 0 bridgehead atoms. The molecule has 2 amide bonds. The Balaban J connectivity index is 1.61. The maximum atomic E-state index is 12.7. The van der Waals surface area contributed by atoms with Gasteiger partial charge in [0.15, 0.2) is 0 Å². The van der Waals surface area contributed by atoms with E-state index in [1.165, 1.54) is 11.0 Å². The number of likely N-dealkylation sites (tertiary alicyclic amines) is 1. The van der Waals surface area contributed by atoms with Crippen LogP contribution in [0.25, 0.3) is 0 Å². The highest BCUT2D eigenvalue weighted by molar-refractivity contribution is 7.11. The Bertz CT molecular complexity index is 807. The number of anilines is 1. The molecule has 1 fully saturated rings. The number of piperidine rings is 1. The molecule has 0 saturated carbocycles. The normalized spacial score (nSPS) is 14.9. The summed E-state index contributed by atoms with van der Waals surface area (Å²) in [5.41, 5.74) is 1.37. The van der Waals surface area contributed by atoms with E-state index in [0.717, 1.165) is 41.6 Å². The van der Waals surface area contributed by atoms with Crippen LogP contribution in [0.2, 0.25) is 0 Å². The molecule has 7 heteroatoms. The molecule has 2 heterocycles. The van der Waals surface area contributed by atoms with Gasteiger partial charge in [-0.2, -0.15) is 0 Å². The van der Waals surface area contributed by atoms with Crippen LogP contribution in [0.3, 0.4) is 0 Å². The van der Waals surface area contributed by atoms with Gasteiger partial charge in [-0.15, -0.1) is 21.5 Å². The van der Waals surface area contributed by atoms with Crippen LogP contribution < -0.4 is 4.90 Å². The molecule has 26 heavy (non-hydrogen) atoms. The molecule has 1 saturated heterocycles. The highest BCUT2D eigenvalue weighted by Gasteiger charge is 2.26. The predicted octanol–water partition coefficient (Wildman–Crippen LogP) is 3.02. The maximum absolute atomic E-state index is 12.7. The van der Waals surface area contributed by atoms with E-state index in [9.17, 15) is 9.59 Å². The third-order valence-corrected chi connectivity index (χ3v) is 5.68. The summed E-state index contributed by atoms with van der Waals surface area (Å²) in [6.07, 6.45) is 3.09. The monoisotopic (exact) mass is 370 g/mol. The summed E-state index contributed by atoms with van der Waals surface area (Å²) >= 11 is 1.64. The van der Waals surface area contributed by atoms with E-state index >= 15 is 0 Å². The topological polar surface area (TPSA) is 66.4 Å². The summed E-state index contributed by atoms with van der Waals surface area (Å²) in [6.45, 7) is 6.89. The average Bonchev–Trinajstić information content (AvgIpc) is 3.13. The first kappa shape index (κ1) is 18.3. The van der Waals surface area contributed by atoms with Gasteiger partial charge in [0, 0.05) is 37.3 Å². The molecule has 2 aromatic rings. The van der Waals surface area contributed by atoms with E-state index < -0.39 is 0 Å². The second-order valence-corrected chi connectivity index (χ2v) is 7.59. The second-order valence-electron chi connectivity index (χ2n) is 6.37. The van der Waals surface area contributed by atoms with Crippen molar-refractivity contribution in [1.29, 1.82) is 0 Å². The van der Waals surface area contributed by atoms with Crippen LogP contribution in [0.1, 0.15) is 39.1 Å². The average molecular weight is 370 g/mol. The SMILES string of the molecule is C=CC(=O)N(C)c1ccc(C(=O)N2CCC(c3nnc(C)s3)CC2)cc1. The summed E-state index contributed by atoms with van der Waals surface area (Å²) < 4.78 is 0.